The zero-order chi connectivity index (χ0) is 23.3. The average Bonchev–Trinajstić information content (AvgIpc) is 3.06. The Bertz CT molecular complexity index is 1080. The van der Waals surface area contributed by atoms with Crippen LogP contribution in [-0.2, 0) is 25.5 Å². The standard InChI is InChI=1S/C25H25NO6/c1-16-22(25(29)32-4)21(15-18-5-9-19(10-6-18)24(28)31-3)23(27)26(16)14-13-17-7-11-20(30-2)12-8-17/h5-12,15H,13-14H2,1-4H3. The maximum Gasteiger partial charge on any atom is 0.340 e. The molecule has 0 unspecified atom stereocenters. The van der Waals surface area contributed by atoms with Gasteiger partial charge in [0, 0.05) is 12.2 Å². The second-order valence-corrected chi connectivity index (χ2v) is 7.18. The molecule has 2 aromatic carbocycles. The van der Waals surface area contributed by atoms with E-state index < -0.39 is 11.9 Å². The third-order valence-electron chi connectivity index (χ3n) is 5.33. The number of amides is 1. The molecule has 0 bridgehead atoms. The maximum atomic E-state index is 13.2. The summed E-state index contributed by atoms with van der Waals surface area (Å²) < 4.78 is 14.8. The van der Waals surface area contributed by atoms with Gasteiger partial charge < -0.3 is 19.1 Å². The molecule has 0 aromatic heterocycles. The fourth-order valence-electron chi connectivity index (χ4n) is 3.53. The minimum absolute atomic E-state index is 0.240. The van der Waals surface area contributed by atoms with Crippen molar-refractivity contribution in [3.05, 3.63) is 82.1 Å². The highest BCUT2D eigenvalue weighted by Gasteiger charge is 2.36. The van der Waals surface area contributed by atoms with E-state index in [0.717, 1.165) is 11.3 Å². The number of hydrogen-bond donors (Lipinski definition) is 0. The topological polar surface area (TPSA) is 82.1 Å². The average molecular weight is 435 g/mol. The minimum atomic E-state index is -0.569. The SMILES string of the molecule is COC(=O)C1=C(C)N(CCc2ccc(OC)cc2)C(=O)C1=Cc1ccc(C(=O)OC)cc1. The lowest BCUT2D eigenvalue weighted by Gasteiger charge is -2.18. The van der Waals surface area contributed by atoms with E-state index in [2.05, 4.69) is 0 Å². The number of benzene rings is 2. The molecule has 1 aliphatic rings. The summed E-state index contributed by atoms with van der Waals surface area (Å²) in [5.41, 5.74) is 3.16. The minimum Gasteiger partial charge on any atom is -0.497 e. The number of ether oxygens (including phenoxy) is 3. The molecule has 7 heteroatoms. The molecular formula is C25H25NO6. The van der Waals surface area contributed by atoms with E-state index in [1.54, 1.807) is 49.3 Å². The Morgan fingerprint density at radius 2 is 1.53 bits per heavy atom. The fraction of sp³-hybridized carbons (Fsp3) is 0.240. The number of nitrogens with zero attached hydrogens (tertiary/aromatic N) is 1. The van der Waals surface area contributed by atoms with Gasteiger partial charge in [-0.25, -0.2) is 9.59 Å². The fourth-order valence-corrected chi connectivity index (χ4v) is 3.53. The predicted molar refractivity (Wildman–Crippen MR) is 119 cm³/mol. The molecule has 7 nitrogen and oxygen atoms in total. The molecule has 166 valence electrons. The van der Waals surface area contributed by atoms with Gasteiger partial charge in [0.1, 0.15) is 5.75 Å². The molecule has 0 radical (unpaired) electrons. The summed E-state index contributed by atoms with van der Waals surface area (Å²) in [6.07, 6.45) is 2.25. The molecule has 0 saturated carbocycles. The Balaban J connectivity index is 1.87. The normalized spacial score (nSPS) is 14.7. The van der Waals surface area contributed by atoms with Gasteiger partial charge in [0.05, 0.1) is 38.0 Å². The van der Waals surface area contributed by atoms with Crippen molar-refractivity contribution < 1.29 is 28.6 Å². The summed E-state index contributed by atoms with van der Waals surface area (Å²) in [5.74, 6) is -0.524. The van der Waals surface area contributed by atoms with Gasteiger partial charge in [-0.3, -0.25) is 4.79 Å². The first-order chi connectivity index (χ1) is 15.4. The Morgan fingerprint density at radius 3 is 2.09 bits per heavy atom. The molecule has 0 N–H and O–H groups in total. The third kappa shape index (κ3) is 4.72. The summed E-state index contributed by atoms with van der Waals surface area (Å²) >= 11 is 0. The number of rotatable bonds is 7. The van der Waals surface area contributed by atoms with E-state index in [0.29, 0.717) is 29.8 Å². The summed E-state index contributed by atoms with van der Waals surface area (Å²) in [7, 11) is 4.21. The van der Waals surface area contributed by atoms with Gasteiger partial charge in [0.25, 0.3) is 5.91 Å². The van der Waals surface area contributed by atoms with E-state index in [1.165, 1.54) is 14.2 Å². The van der Waals surface area contributed by atoms with Crippen molar-refractivity contribution in [1.82, 2.24) is 4.90 Å². The zero-order valence-electron chi connectivity index (χ0n) is 18.5. The largest absolute Gasteiger partial charge is 0.497 e. The van der Waals surface area contributed by atoms with Crippen LogP contribution in [0.15, 0.2) is 65.4 Å². The number of esters is 2. The molecule has 1 aliphatic heterocycles. The first kappa shape index (κ1) is 22.8. The molecule has 0 aliphatic carbocycles. The van der Waals surface area contributed by atoms with Gasteiger partial charge in [-0.1, -0.05) is 24.3 Å². The molecule has 1 heterocycles. The van der Waals surface area contributed by atoms with Gasteiger partial charge in [-0.15, -0.1) is 0 Å². The zero-order valence-corrected chi connectivity index (χ0v) is 18.5. The van der Waals surface area contributed by atoms with Crippen molar-refractivity contribution >= 4 is 23.9 Å². The van der Waals surface area contributed by atoms with Crippen LogP contribution in [0, 0.1) is 0 Å². The van der Waals surface area contributed by atoms with Crippen molar-refractivity contribution in [1.29, 1.82) is 0 Å². The predicted octanol–water partition coefficient (Wildman–Crippen LogP) is 3.40. The van der Waals surface area contributed by atoms with Crippen molar-refractivity contribution in [2.24, 2.45) is 0 Å². The number of methoxy groups -OCH3 is 3. The molecule has 0 atom stereocenters. The molecule has 0 fully saturated rings. The van der Waals surface area contributed by atoms with Crippen LogP contribution in [0.25, 0.3) is 6.08 Å². The Labute approximate surface area is 186 Å². The van der Waals surface area contributed by atoms with Crippen LogP contribution in [0.2, 0.25) is 0 Å². The first-order valence-electron chi connectivity index (χ1n) is 10.0. The van der Waals surface area contributed by atoms with Crippen molar-refractivity contribution in [3.63, 3.8) is 0 Å². The van der Waals surface area contributed by atoms with E-state index in [4.69, 9.17) is 14.2 Å². The van der Waals surface area contributed by atoms with E-state index in [-0.39, 0.29) is 17.1 Å². The Kier molecular flexibility index (Phi) is 7.10. The third-order valence-corrected chi connectivity index (χ3v) is 5.33. The summed E-state index contributed by atoms with van der Waals surface area (Å²) in [4.78, 5) is 38.9. The molecule has 0 saturated heterocycles. The summed E-state index contributed by atoms with van der Waals surface area (Å²) in [6, 6.07) is 14.2. The summed E-state index contributed by atoms with van der Waals surface area (Å²) in [5, 5.41) is 0. The van der Waals surface area contributed by atoms with Crippen LogP contribution >= 0.6 is 0 Å². The van der Waals surface area contributed by atoms with Crippen LogP contribution < -0.4 is 4.74 Å². The van der Waals surface area contributed by atoms with Gasteiger partial charge in [-0.2, -0.15) is 0 Å². The lowest BCUT2D eigenvalue weighted by molar-refractivity contribution is -0.136. The highest BCUT2D eigenvalue weighted by Crippen LogP contribution is 2.32. The van der Waals surface area contributed by atoms with Crippen LogP contribution in [0.3, 0.4) is 0 Å². The summed E-state index contributed by atoms with van der Waals surface area (Å²) in [6.45, 7) is 2.15. The van der Waals surface area contributed by atoms with Gasteiger partial charge in [-0.05, 0) is 54.8 Å². The quantitative estimate of drug-likeness (QED) is 0.490. The van der Waals surface area contributed by atoms with Crippen molar-refractivity contribution in [3.8, 4) is 5.75 Å². The highest BCUT2D eigenvalue weighted by molar-refractivity contribution is 6.16. The first-order valence-corrected chi connectivity index (χ1v) is 10.0. The lowest BCUT2D eigenvalue weighted by Crippen LogP contribution is -2.27. The second-order valence-electron chi connectivity index (χ2n) is 7.18. The van der Waals surface area contributed by atoms with Crippen LogP contribution in [0.1, 0.15) is 28.4 Å². The number of carbonyl (C=O) groups is 3. The lowest BCUT2D eigenvalue weighted by atomic mass is 10.0. The Hall–Kier alpha value is -3.87. The van der Waals surface area contributed by atoms with Crippen LogP contribution in [-0.4, -0.2) is 50.6 Å². The number of hydrogen-bond acceptors (Lipinski definition) is 6. The monoisotopic (exact) mass is 435 g/mol. The second kappa shape index (κ2) is 9.96. The van der Waals surface area contributed by atoms with Crippen LogP contribution in [0.5, 0.6) is 5.75 Å². The molecule has 1 amide bonds. The smallest absolute Gasteiger partial charge is 0.340 e. The van der Waals surface area contributed by atoms with Gasteiger partial charge >= 0.3 is 11.9 Å². The molecule has 0 spiro atoms. The van der Waals surface area contributed by atoms with Crippen molar-refractivity contribution in [2.75, 3.05) is 27.9 Å². The number of allylic oxidation sites excluding steroid dienone is 1. The van der Waals surface area contributed by atoms with E-state index in [1.807, 2.05) is 24.3 Å². The van der Waals surface area contributed by atoms with E-state index in [9.17, 15) is 14.4 Å². The molecule has 3 rings (SSSR count). The van der Waals surface area contributed by atoms with Crippen LogP contribution in [0.4, 0.5) is 0 Å². The number of carbonyl (C=O) groups excluding carboxylic acids is 3. The maximum absolute atomic E-state index is 13.2. The molecule has 2 aromatic rings. The van der Waals surface area contributed by atoms with Gasteiger partial charge in [0.2, 0.25) is 0 Å². The Morgan fingerprint density at radius 1 is 0.906 bits per heavy atom. The van der Waals surface area contributed by atoms with Crippen molar-refractivity contribution in [2.45, 2.75) is 13.3 Å². The van der Waals surface area contributed by atoms with E-state index >= 15 is 0 Å². The molecule has 32 heavy (non-hydrogen) atoms. The van der Waals surface area contributed by atoms with Gasteiger partial charge in [0.15, 0.2) is 0 Å². The highest BCUT2D eigenvalue weighted by atomic mass is 16.5. The molecular weight excluding hydrogens is 410 g/mol.